The molecule has 1 heterocycles. The number of pyridine rings is 1. The van der Waals surface area contributed by atoms with E-state index in [0.717, 1.165) is 17.8 Å². The van der Waals surface area contributed by atoms with Crippen molar-refractivity contribution in [3.05, 3.63) is 65.7 Å². The third-order valence-electron chi connectivity index (χ3n) is 2.66. The van der Waals surface area contributed by atoms with Crippen molar-refractivity contribution in [3.8, 4) is 0 Å². The molecule has 18 heavy (non-hydrogen) atoms. The van der Waals surface area contributed by atoms with Crippen molar-refractivity contribution in [2.45, 2.75) is 6.54 Å². The Hall–Kier alpha value is -2.00. The molecule has 1 aromatic carbocycles. The van der Waals surface area contributed by atoms with Crippen LogP contribution in [0.25, 0.3) is 12.2 Å². The maximum atomic E-state index is 12.8. The summed E-state index contributed by atoms with van der Waals surface area (Å²) in [7, 11) is 0. The average molecular weight is 243 g/mol. The summed E-state index contributed by atoms with van der Waals surface area (Å²) in [6, 6.07) is 12.4. The molecule has 0 saturated heterocycles. The van der Waals surface area contributed by atoms with Crippen LogP contribution in [0.1, 0.15) is 11.3 Å². The Labute approximate surface area is 106 Å². The fourth-order valence-corrected chi connectivity index (χ4v) is 1.74. The van der Waals surface area contributed by atoms with Gasteiger partial charge in [-0.15, -0.1) is 0 Å². The minimum Gasteiger partial charge on any atom is -0.325 e. The number of benzene rings is 1. The smallest absolute Gasteiger partial charge is 0.205 e. The normalized spacial score (nSPS) is 11.0. The third kappa shape index (κ3) is 3.25. The van der Waals surface area contributed by atoms with Gasteiger partial charge in [-0.2, -0.15) is 4.57 Å². The lowest BCUT2D eigenvalue weighted by molar-refractivity contribution is -0.696. The second-order valence-electron chi connectivity index (χ2n) is 3.99. The zero-order valence-corrected chi connectivity index (χ0v) is 10.1. The molecule has 2 N–H and O–H groups in total. The maximum absolute atomic E-state index is 12.8. The van der Waals surface area contributed by atoms with Gasteiger partial charge in [0.2, 0.25) is 5.69 Å². The SMILES string of the molecule is NCC[n+]1ccccc1/C=C/c1ccc(F)cc1. The van der Waals surface area contributed by atoms with Crippen LogP contribution in [-0.4, -0.2) is 6.54 Å². The summed E-state index contributed by atoms with van der Waals surface area (Å²) >= 11 is 0. The predicted octanol–water partition coefficient (Wildman–Crippen LogP) is 2.24. The van der Waals surface area contributed by atoms with Crippen LogP contribution in [0.4, 0.5) is 4.39 Å². The van der Waals surface area contributed by atoms with E-state index in [4.69, 9.17) is 5.73 Å². The van der Waals surface area contributed by atoms with Crippen molar-refractivity contribution in [2.75, 3.05) is 6.54 Å². The van der Waals surface area contributed by atoms with Crippen LogP contribution in [-0.2, 0) is 6.54 Å². The average Bonchev–Trinajstić information content (AvgIpc) is 2.40. The van der Waals surface area contributed by atoms with Crippen LogP contribution in [0.15, 0.2) is 48.7 Å². The van der Waals surface area contributed by atoms with Gasteiger partial charge in [-0.05, 0) is 29.8 Å². The summed E-state index contributed by atoms with van der Waals surface area (Å²) in [4.78, 5) is 0. The molecule has 0 radical (unpaired) electrons. The van der Waals surface area contributed by atoms with Crippen LogP contribution in [0, 0.1) is 5.82 Å². The van der Waals surface area contributed by atoms with Crippen LogP contribution in [0.2, 0.25) is 0 Å². The second-order valence-corrected chi connectivity index (χ2v) is 3.99. The van der Waals surface area contributed by atoms with E-state index in [-0.39, 0.29) is 5.82 Å². The van der Waals surface area contributed by atoms with Crippen LogP contribution >= 0.6 is 0 Å². The Bertz CT molecular complexity index is 532. The molecule has 0 saturated carbocycles. The first kappa shape index (κ1) is 12.5. The van der Waals surface area contributed by atoms with Crippen LogP contribution in [0.5, 0.6) is 0 Å². The molecule has 0 aliphatic rings. The van der Waals surface area contributed by atoms with E-state index in [9.17, 15) is 4.39 Å². The van der Waals surface area contributed by atoms with E-state index in [0.29, 0.717) is 6.54 Å². The van der Waals surface area contributed by atoms with E-state index in [1.54, 1.807) is 12.1 Å². The lowest BCUT2D eigenvalue weighted by Gasteiger charge is -1.98. The molecule has 0 aliphatic carbocycles. The van der Waals surface area contributed by atoms with Crippen molar-refractivity contribution in [3.63, 3.8) is 0 Å². The van der Waals surface area contributed by atoms with E-state index >= 15 is 0 Å². The van der Waals surface area contributed by atoms with Gasteiger partial charge in [-0.1, -0.05) is 12.1 Å². The molecular weight excluding hydrogens is 227 g/mol. The summed E-state index contributed by atoms with van der Waals surface area (Å²) in [5, 5.41) is 0. The fraction of sp³-hybridized carbons (Fsp3) is 0.133. The molecule has 2 aromatic rings. The minimum atomic E-state index is -0.218. The zero-order valence-electron chi connectivity index (χ0n) is 10.1. The highest BCUT2D eigenvalue weighted by atomic mass is 19.1. The van der Waals surface area contributed by atoms with Crippen LogP contribution < -0.4 is 10.3 Å². The lowest BCUT2D eigenvalue weighted by atomic mass is 10.2. The number of hydrogen-bond acceptors (Lipinski definition) is 1. The molecule has 1 aromatic heterocycles. The molecule has 0 aliphatic heterocycles. The van der Waals surface area contributed by atoms with E-state index in [1.165, 1.54) is 12.1 Å². The highest BCUT2D eigenvalue weighted by molar-refractivity contribution is 5.66. The molecule has 3 heteroatoms. The van der Waals surface area contributed by atoms with Crippen molar-refractivity contribution >= 4 is 12.2 Å². The number of hydrogen-bond donors (Lipinski definition) is 1. The van der Waals surface area contributed by atoms with Gasteiger partial charge in [0.25, 0.3) is 0 Å². The van der Waals surface area contributed by atoms with Gasteiger partial charge in [-0.25, -0.2) is 4.39 Å². The summed E-state index contributed by atoms with van der Waals surface area (Å²) in [6.07, 6.45) is 5.96. The Morgan fingerprint density at radius 1 is 1.06 bits per heavy atom. The fourth-order valence-electron chi connectivity index (χ4n) is 1.74. The number of nitrogens with zero attached hydrogens (tertiary/aromatic N) is 1. The van der Waals surface area contributed by atoms with Crippen molar-refractivity contribution in [1.82, 2.24) is 0 Å². The van der Waals surface area contributed by atoms with Gasteiger partial charge in [0.1, 0.15) is 5.82 Å². The molecule has 0 fully saturated rings. The standard InChI is InChI=1S/C15H16FN2/c16-14-7-4-13(5-8-14)6-9-15-3-1-2-11-18(15)12-10-17/h1-9,11H,10,12,17H2/q+1/b9-6+. The Morgan fingerprint density at radius 2 is 1.83 bits per heavy atom. The van der Waals surface area contributed by atoms with E-state index in [1.807, 2.05) is 36.5 Å². The number of nitrogens with two attached hydrogens (primary N) is 1. The zero-order chi connectivity index (χ0) is 12.8. The molecule has 92 valence electrons. The van der Waals surface area contributed by atoms with E-state index in [2.05, 4.69) is 4.57 Å². The molecule has 0 atom stereocenters. The molecular formula is C15H16FN2+. The third-order valence-corrected chi connectivity index (χ3v) is 2.66. The van der Waals surface area contributed by atoms with Gasteiger partial charge >= 0.3 is 0 Å². The first-order chi connectivity index (χ1) is 8.79. The van der Waals surface area contributed by atoms with Crippen molar-refractivity contribution < 1.29 is 8.96 Å². The minimum absolute atomic E-state index is 0.218. The molecule has 0 bridgehead atoms. The van der Waals surface area contributed by atoms with Gasteiger partial charge in [0.15, 0.2) is 12.7 Å². The monoisotopic (exact) mass is 243 g/mol. The molecule has 0 spiro atoms. The first-order valence-electron chi connectivity index (χ1n) is 5.92. The predicted molar refractivity (Wildman–Crippen MR) is 71.0 cm³/mol. The highest BCUT2D eigenvalue weighted by Crippen LogP contribution is 2.07. The van der Waals surface area contributed by atoms with Gasteiger partial charge in [0, 0.05) is 18.2 Å². The van der Waals surface area contributed by atoms with Gasteiger partial charge < -0.3 is 5.73 Å². The summed E-state index contributed by atoms with van der Waals surface area (Å²) in [5.74, 6) is -0.218. The summed E-state index contributed by atoms with van der Waals surface area (Å²) in [6.45, 7) is 1.38. The number of rotatable bonds is 4. The summed E-state index contributed by atoms with van der Waals surface area (Å²) < 4.78 is 14.9. The lowest BCUT2D eigenvalue weighted by Crippen LogP contribution is -2.39. The molecule has 0 unspecified atom stereocenters. The quantitative estimate of drug-likeness (QED) is 0.820. The highest BCUT2D eigenvalue weighted by Gasteiger charge is 2.03. The van der Waals surface area contributed by atoms with Gasteiger partial charge in [-0.3, -0.25) is 0 Å². The topological polar surface area (TPSA) is 29.9 Å². The number of halogens is 1. The Balaban J connectivity index is 2.20. The van der Waals surface area contributed by atoms with Crippen LogP contribution in [0.3, 0.4) is 0 Å². The number of aromatic nitrogens is 1. The van der Waals surface area contributed by atoms with Gasteiger partial charge in [0.05, 0.1) is 6.54 Å². The first-order valence-corrected chi connectivity index (χ1v) is 5.92. The summed E-state index contributed by atoms with van der Waals surface area (Å²) in [5.41, 5.74) is 7.61. The maximum Gasteiger partial charge on any atom is 0.205 e. The molecule has 0 amide bonds. The Morgan fingerprint density at radius 3 is 2.56 bits per heavy atom. The largest absolute Gasteiger partial charge is 0.325 e. The van der Waals surface area contributed by atoms with E-state index < -0.39 is 0 Å². The Kier molecular flexibility index (Phi) is 4.20. The molecule has 2 nitrogen and oxygen atoms in total. The van der Waals surface area contributed by atoms with Crippen molar-refractivity contribution in [2.24, 2.45) is 5.73 Å². The second kappa shape index (κ2) is 6.07. The molecule has 2 rings (SSSR count). The van der Waals surface area contributed by atoms with Crippen molar-refractivity contribution in [1.29, 1.82) is 0 Å².